The molecule has 1 saturated heterocycles. The van der Waals surface area contributed by atoms with Gasteiger partial charge in [-0.25, -0.2) is 0 Å². The highest BCUT2D eigenvalue weighted by Crippen LogP contribution is 2.28. The van der Waals surface area contributed by atoms with Gasteiger partial charge in [0, 0.05) is 32.1 Å². The van der Waals surface area contributed by atoms with Crippen LogP contribution in [-0.2, 0) is 11.4 Å². The highest BCUT2D eigenvalue weighted by Gasteiger charge is 2.29. The number of methoxy groups -OCH3 is 1. The fraction of sp³-hybridized carbons (Fsp3) is 0.421. The van der Waals surface area contributed by atoms with Gasteiger partial charge in [-0.3, -0.25) is 9.59 Å². The van der Waals surface area contributed by atoms with Gasteiger partial charge >= 0.3 is 0 Å². The molecule has 2 aromatic rings. The molecule has 1 aliphatic rings. The van der Waals surface area contributed by atoms with Crippen molar-refractivity contribution in [3.63, 3.8) is 0 Å². The number of hydrogen-bond acceptors (Lipinski definition) is 6. The molecule has 1 aromatic carbocycles. The van der Waals surface area contributed by atoms with Gasteiger partial charge in [-0.15, -0.1) is 0 Å². The van der Waals surface area contributed by atoms with E-state index in [2.05, 4.69) is 10.5 Å². The summed E-state index contributed by atoms with van der Waals surface area (Å²) in [5, 5.41) is 6.68. The topological polar surface area (TPSA) is 93.9 Å². The number of aryl methyl sites for hydroxylation is 1. The monoisotopic (exact) mass is 373 g/mol. The van der Waals surface area contributed by atoms with E-state index in [-0.39, 0.29) is 30.2 Å². The van der Waals surface area contributed by atoms with E-state index in [1.165, 1.54) is 6.92 Å². The predicted octanol–water partition coefficient (Wildman–Crippen LogP) is 1.92. The van der Waals surface area contributed by atoms with Crippen molar-refractivity contribution in [2.24, 2.45) is 0 Å². The van der Waals surface area contributed by atoms with Crippen LogP contribution in [-0.4, -0.2) is 48.1 Å². The molecule has 0 unspecified atom stereocenters. The molecular weight excluding hydrogens is 350 g/mol. The first-order valence-electron chi connectivity index (χ1n) is 8.75. The Kier molecular flexibility index (Phi) is 5.63. The average Bonchev–Trinajstić information content (AvgIpc) is 3.29. The van der Waals surface area contributed by atoms with Crippen molar-refractivity contribution in [3.05, 3.63) is 41.3 Å². The molecule has 1 atom stereocenters. The summed E-state index contributed by atoms with van der Waals surface area (Å²) in [7, 11) is 1.58. The van der Waals surface area contributed by atoms with E-state index in [0.29, 0.717) is 30.3 Å². The van der Waals surface area contributed by atoms with Gasteiger partial charge in [0.25, 0.3) is 5.91 Å². The summed E-state index contributed by atoms with van der Waals surface area (Å²) in [6, 6.07) is 7.18. The van der Waals surface area contributed by atoms with Crippen LogP contribution in [0.3, 0.4) is 0 Å². The number of carbonyl (C=O) groups is 2. The summed E-state index contributed by atoms with van der Waals surface area (Å²) in [4.78, 5) is 25.3. The van der Waals surface area contributed by atoms with Gasteiger partial charge in [-0.2, -0.15) is 0 Å². The van der Waals surface area contributed by atoms with E-state index >= 15 is 0 Å². The lowest BCUT2D eigenvalue weighted by Gasteiger charge is -2.15. The van der Waals surface area contributed by atoms with Gasteiger partial charge in [0.05, 0.1) is 7.11 Å². The maximum atomic E-state index is 12.5. The van der Waals surface area contributed by atoms with Crippen molar-refractivity contribution in [2.45, 2.75) is 32.9 Å². The summed E-state index contributed by atoms with van der Waals surface area (Å²) in [6.07, 6.45) is 0.729. The van der Waals surface area contributed by atoms with Gasteiger partial charge in [-0.1, -0.05) is 11.2 Å². The van der Waals surface area contributed by atoms with Crippen LogP contribution in [0.1, 0.15) is 35.2 Å². The van der Waals surface area contributed by atoms with Crippen LogP contribution in [0.2, 0.25) is 0 Å². The van der Waals surface area contributed by atoms with Crippen molar-refractivity contribution in [2.75, 3.05) is 20.2 Å². The predicted molar refractivity (Wildman–Crippen MR) is 96.7 cm³/mol. The smallest absolute Gasteiger partial charge is 0.276 e. The van der Waals surface area contributed by atoms with Gasteiger partial charge in [0.2, 0.25) is 5.91 Å². The molecule has 1 N–H and O–H groups in total. The third kappa shape index (κ3) is 4.58. The molecule has 144 valence electrons. The fourth-order valence-corrected chi connectivity index (χ4v) is 3.04. The highest BCUT2D eigenvalue weighted by atomic mass is 16.5. The van der Waals surface area contributed by atoms with Crippen LogP contribution in [0.5, 0.6) is 11.5 Å². The van der Waals surface area contributed by atoms with Crippen molar-refractivity contribution >= 4 is 11.8 Å². The fourth-order valence-electron chi connectivity index (χ4n) is 3.04. The maximum absolute atomic E-state index is 12.5. The first kappa shape index (κ1) is 18.8. The summed E-state index contributed by atoms with van der Waals surface area (Å²) >= 11 is 0. The zero-order valence-electron chi connectivity index (χ0n) is 15.7. The average molecular weight is 373 g/mol. The molecule has 2 heterocycles. The Hall–Kier alpha value is -3.03. The molecule has 2 amide bonds. The molecule has 8 heteroatoms. The minimum Gasteiger partial charge on any atom is -0.493 e. The number of nitrogens with zero attached hydrogens (tertiary/aromatic N) is 2. The lowest BCUT2D eigenvalue weighted by molar-refractivity contribution is -0.119. The van der Waals surface area contributed by atoms with E-state index in [4.69, 9.17) is 14.0 Å². The molecule has 1 fully saturated rings. The number of likely N-dealkylation sites (tertiary alicyclic amines) is 1. The Morgan fingerprint density at radius 1 is 1.33 bits per heavy atom. The van der Waals surface area contributed by atoms with E-state index < -0.39 is 0 Å². The van der Waals surface area contributed by atoms with Crippen molar-refractivity contribution < 1.29 is 23.6 Å². The lowest BCUT2D eigenvalue weighted by Crippen LogP contribution is -2.37. The zero-order valence-corrected chi connectivity index (χ0v) is 15.7. The van der Waals surface area contributed by atoms with Crippen LogP contribution in [0.15, 0.2) is 28.8 Å². The summed E-state index contributed by atoms with van der Waals surface area (Å²) in [6.45, 7) is 4.61. The minimum atomic E-state index is -0.217. The Morgan fingerprint density at radius 2 is 2.15 bits per heavy atom. The second kappa shape index (κ2) is 8.11. The Labute approximate surface area is 157 Å². The summed E-state index contributed by atoms with van der Waals surface area (Å²) in [5.41, 5.74) is 1.29. The van der Waals surface area contributed by atoms with E-state index in [1.54, 1.807) is 18.1 Å². The summed E-state index contributed by atoms with van der Waals surface area (Å²) in [5.74, 6) is 1.35. The zero-order chi connectivity index (χ0) is 19.4. The van der Waals surface area contributed by atoms with Gasteiger partial charge < -0.3 is 24.2 Å². The van der Waals surface area contributed by atoms with E-state index in [0.717, 1.165) is 12.0 Å². The van der Waals surface area contributed by atoms with Gasteiger partial charge in [-0.05, 0) is 31.0 Å². The van der Waals surface area contributed by atoms with E-state index in [1.807, 2.05) is 25.1 Å². The van der Waals surface area contributed by atoms with Crippen LogP contribution >= 0.6 is 0 Å². The molecule has 0 aliphatic carbocycles. The Bertz CT molecular complexity index is 833. The molecule has 8 nitrogen and oxygen atoms in total. The minimum absolute atomic E-state index is 0.0184. The third-order valence-corrected chi connectivity index (χ3v) is 4.35. The Morgan fingerprint density at radius 3 is 2.89 bits per heavy atom. The third-order valence-electron chi connectivity index (χ3n) is 4.35. The van der Waals surface area contributed by atoms with Crippen molar-refractivity contribution in [3.8, 4) is 11.5 Å². The van der Waals surface area contributed by atoms with Crippen molar-refractivity contribution in [1.29, 1.82) is 0 Å². The second-order valence-electron chi connectivity index (χ2n) is 6.56. The summed E-state index contributed by atoms with van der Waals surface area (Å²) < 4.78 is 16.2. The quantitative estimate of drug-likeness (QED) is 0.831. The molecule has 1 aliphatic heterocycles. The molecule has 27 heavy (non-hydrogen) atoms. The number of hydrogen-bond donors (Lipinski definition) is 1. The van der Waals surface area contributed by atoms with Crippen LogP contribution in [0, 0.1) is 6.92 Å². The molecule has 0 radical (unpaired) electrons. The molecule has 1 aromatic heterocycles. The maximum Gasteiger partial charge on any atom is 0.276 e. The lowest BCUT2D eigenvalue weighted by atomic mass is 10.2. The largest absolute Gasteiger partial charge is 0.493 e. The van der Waals surface area contributed by atoms with Gasteiger partial charge in [0.15, 0.2) is 23.0 Å². The number of rotatable bonds is 6. The number of ether oxygens (including phenoxy) is 2. The SMILES string of the molecule is COc1cc(C)ccc1OCc1cc(C(=O)N2CC[C@H](NC(C)=O)C2)no1. The number of carbonyl (C=O) groups excluding carboxylic acids is 2. The normalized spacial score (nSPS) is 16.3. The van der Waals surface area contributed by atoms with Crippen LogP contribution in [0.4, 0.5) is 0 Å². The number of aromatic nitrogens is 1. The highest BCUT2D eigenvalue weighted by molar-refractivity contribution is 5.92. The second-order valence-corrected chi connectivity index (χ2v) is 6.56. The Balaban J connectivity index is 1.59. The first-order chi connectivity index (χ1) is 13.0. The van der Waals surface area contributed by atoms with Crippen LogP contribution < -0.4 is 14.8 Å². The molecule has 0 saturated carbocycles. The standard InChI is InChI=1S/C19H23N3O5/c1-12-4-5-17(18(8-12)25-3)26-11-15-9-16(21-27-15)19(24)22-7-6-14(10-22)20-13(2)23/h4-5,8-9,14H,6-7,10-11H2,1-3H3,(H,20,23)/t14-/m0/s1. The van der Waals surface area contributed by atoms with Crippen LogP contribution in [0.25, 0.3) is 0 Å². The van der Waals surface area contributed by atoms with E-state index in [9.17, 15) is 9.59 Å². The number of benzene rings is 1. The first-order valence-corrected chi connectivity index (χ1v) is 8.75. The van der Waals surface area contributed by atoms with Crippen molar-refractivity contribution in [1.82, 2.24) is 15.4 Å². The molecule has 0 bridgehead atoms. The number of nitrogens with one attached hydrogen (secondary N) is 1. The molecule has 3 rings (SSSR count). The van der Waals surface area contributed by atoms with Gasteiger partial charge in [0.1, 0.15) is 6.61 Å². The molecular formula is C19H23N3O5. The number of amides is 2. The molecule has 0 spiro atoms.